The van der Waals surface area contributed by atoms with Crippen molar-refractivity contribution in [3.05, 3.63) is 71.8 Å². The molecule has 0 N–H and O–H groups in total. The second-order valence-electron chi connectivity index (χ2n) is 3.76. The Morgan fingerprint density at radius 2 is 1.00 bits per heavy atom. The lowest BCUT2D eigenvalue weighted by molar-refractivity contribution is 0.0894. The molecule has 0 fully saturated rings. The molecule has 0 amide bonds. The third-order valence-electron chi connectivity index (χ3n) is 2.51. The second-order valence-corrected chi connectivity index (χ2v) is 3.76. The van der Waals surface area contributed by atoms with Crippen molar-refractivity contribution in [2.24, 2.45) is 0 Å². The molecule has 0 aliphatic heterocycles. The van der Waals surface area contributed by atoms with Gasteiger partial charge in [-0.05, 0) is 0 Å². The van der Waals surface area contributed by atoms with Crippen LogP contribution in [0.15, 0.2) is 60.7 Å². The average Bonchev–Trinajstić information content (AvgIpc) is 2.40. The Bertz CT molecular complexity index is 471. The van der Waals surface area contributed by atoms with Crippen LogP contribution < -0.4 is 0 Å². The van der Waals surface area contributed by atoms with Gasteiger partial charge in [-0.15, -0.1) is 0 Å². The van der Waals surface area contributed by atoms with Gasteiger partial charge in [0.05, 0.1) is 6.42 Å². The van der Waals surface area contributed by atoms with E-state index in [0.29, 0.717) is 11.1 Å². The maximum atomic E-state index is 11.8. The molecule has 2 rings (SSSR count). The molecule has 0 aliphatic carbocycles. The zero-order chi connectivity index (χ0) is 12.1. The van der Waals surface area contributed by atoms with Crippen LogP contribution in [0.5, 0.6) is 0 Å². The molecule has 0 saturated heterocycles. The Hall–Kier alpha value is -1.69. The Kier molecular flexibility index (Phi) is 5.51. The van der Waals surface area contributed by atoms with Crippen LogP contribution in [0.2, 0.25) is 0 Å². The average molecular weight is 254 g/mol. The van der Waals surface area contributed by atoms with Crippen molar-refractivity contribution in [2.45, 2.75) is 6.42 Å². The summed E-state index contributed by atoms with van der Waals surface area (Å²) >= 11 is 0. The first kappa shape index (κ1) is 14.4. The Balaban J connectivity index is 0.00000162. The van der Waals surface area contributed by atoms with Crippen LogP contribution >= 0.6 is 0 Å². The van der Waals surface area contributed by atoms with Gasteiger partial charge in [-0.1, -0.05) is 60.7 Å². The number of benzene rings is 2. The fraction of sp³-hybridized carbons (Fsp3) is 0.0667. The number of carbonyl (C=O) groups is 2. The van der Waals surface area contributed by atoms with Gasteiger partial charge in [-0.25, -0.2) is 0 Å². The quantitative estimate of drug-likeness (QED) is 0.475. The summed E-state index contributed by atoms with van der Waals surface area (Å²) in [7, 11) is 0. The summed E-state index contributed by atoms with van der Waals surface area (Å²) < 4.78 is 0. The molecule has 0 atom stereocenters. The monoisotopic (exact) mass is 254 g/mol. The van der Waals surface area contributed by atoms with Crippen LogP contribution in [-0.2, 0) is 0 Å². The van der Waals surface area contributed by atoms with E-state index in [-0.39, 0.29) is 35.3 Å². The summed E-state index contributed by atoms with van der Waals surface area (Å²) in [5, 5.41) is 0. The van der Waals surface area contributed by atoms with Crippen molar-refractivity contribution >= 4 is 28.9 Å². The molecular formula is C15H15AlO2. The summed E-state index contributed by atoms with van der Waals surface area (Å²) in [6.45, 7) is 0. The Morgan fingerprint density at radius 1 is 0.667 bits per heavy atom. The lowest BCUT2D eigenvalue weighted by Gasteiger charge is -2.00. The second kappa shape index (κ2) is 6.91. The van der Waals surface area contributed by atoms with Crippen molar-refractivity contribution in [3.63, 3.8) is 0 Å². The first-order valence-corrected chi connectivity index (χ1v) is 5.44. The van der Waals surface area contributed by atoms with Crippen molar-refractivity contribution in [2.75, 3.05) is 0 Å². The van der Waals surface area contributed by atoms with E-state index in [1.807, 2.05) is 12.1 Å². The molecule has 3 heteroatoms. The fourth-order valence-electron chi connectivity index (χ4n) is 1.60. The van der Waals surface area contributed by atoms with Crippen molar-refractivity contribution in [1.82, 2.24) is 0 Å². The van der Waals surface area contributed by atoms with Crippen molar-refractivity contribution < 1.29 is 9.59 Å². The van der Waals surface area contributed by atoms with E-state index in [1.165, 1.54) is 0 Å². The predicted octanol–water partition coefficient (Wildman–Crippen LogP) is 1.96. The molecular weight excluding hydrogens is 239 g/mol. The summed E-state index contributed by atoms with van der Waals surface area (Å²) in [5.74, 6) is -0.279. The van der Waals surface area contributed by atoms with E-state index in [9.17, 15) is 9.59 Å². The largest absolute Gasteiger partial charge is 0.294 e. The van der Waals surface area contributed by atoms with Crippen LogP contribution in [0.25, 0.3) is 0 Å². The third kappa shape index (κ3) is 3.66. The van der Waals surface area contributed by atoms with E-state index in [2.05, 4.69) is 0 Å². The van der Waals surface area contributed by atoms with Crippen LogP contribution in [-0.4, -0.2) is 28.9 Å². The van der Waals surface area contributed by atoms with E-state index in [0.717, 1.165) is 0 Å². The number of hydrogen-bond acceptors (Lipinski definition) is 2. The SMILES string of the molecule is O=C(CC(=O)c1ccccc1)c1ccccc1.[AlH3]. The number of Topliss-reactive ketones (excluding diaryl/α,β-unsaturated/α-hetero) is 2. The highest BCUT2D eigenvalue weighted by Crippen LogP contribution is 2.08. The van der Waals surface area contributed by atoms with Gasteiger partial charge in [-0.2, -0.15) is 0 Å². The van der Waals surface area contributed by atoms with Crippen LogP contribution in [0.3, 0.4) is 0 Å². The molecule has 0 heterocycles. The van der Waals surface area contributed by atoms with Crippen LogP contribution in [0.1, 0.15) is 27.1 Å². The van der Waals surface area contributed by atoms with Gasteiger partial charge in [0, 0.05) is 11.1 Å². The summed E-state index contributed by atoms with van der Waals surface area (Å²) in [6, 6.07) is 17.7. The first-order valence-electron chi connectivity index (χ1n) is 5.44. The molecule has 0 radical (unpaired) electrons. The van der Waals surface area contributed by atoms with E-state index in [1.54, 1.807) is 48.5 Å². The molecule has 0 bridgehead atoms. The summed E-state index contributed by atoms with van der Waals surface area (Å²) in [5.41, 5.74) is 1.16. The lowest BCUT2D eigenvalue weighted by Crippen LogP contribution is -2.08. The minimum atomic E-state index is -0.139. The number of carbonyl (C=O) groups excluding carboxylic acids is 2. The standard InChI is InChI=1S/C15H12O2.Al.3H/c16-14(12-7-3-1-4-8-12)11-15(17)13-9-5-2-6-10-13;;;;/h1-10H,11H2;;;;. The van der Waals surface area contributed by atoms with E-state index < -0.39 is 0 Å². The van der Waals surface area contributed by atoms with E-state index in [4.69, 9.17) is 0 Å². The molecule has 2 aromatic carbocycles. The number of rotatable bonds is 4. The van der Waals surface area contributed by atoms with Gasteiger partial charge in [0.15, 0.2) is 28.9 Å². The van der Waals surface area contributed by atoms with Gasteiger partial charge in [-0.3, -0.25) is 9.59 Å². The summed E-state index contributed by atoms with van der Waals surface area (Å²) in [4.78, 5) is 23.6. The van der Waals surface area contributed by atoms with Crippen molar-refractivity contribution in [3.8, 4) is 0 Å². The Morgan fingerprint density at radius 3 is 1.33 bits per heavy atom. The highest BCUT2D eigenvalue weighted by Gasteiger charge is 2.12. The van der Waals surface area contributed by atoms with Crippen molar-refractivity contribution in [1.29, 1.82) is 0 Å². The van der Waals surface area contributed by atoms with Crippen LogP contribution in [0, 0.1) is 0 Å². The minimum Gasteiger partial charge on any atom is -0.294 e. The molecule has 0 spiro atoms. The Labute approximate surface area is 117 Å². The lowest BCUT2D eigenvalue weighted by atomic mass is 10.0. The zero-order valence-electron chi connectivity index (χ0n) is 9.30. The minimum absolute atomic E-state index is 0. The predicted molar refractivity (Wildman–Crippen MR) is 76.1 cm³/mol. The normalized spacial score (nSPS) is 9.33. The van der Waals surface area contributed by atoms with E-state index >= 15 is 0 Å². The number of hydrogen-bond donors (Lipinski definition) is 0. The van der Waals surface area contributed by atoms with Crippen LogP contribution in [0.4, 0.5) is 0 Å². The maximum Gasteiger partial charge on any atom is 0.187 e. The molecule has 2 nitrogen and oxygen atoms in total. The van der Waals surface area contributed by atoms with Gasteiger partial charge in [0.1, 0.15) is 0 Å². The molecule has 0 unspecified atom stereocenters. The molecule has 2 aromatic rings. The zero-order valence-corrected chi connectivity index (χ0v) is 9.30. The molecule has 90 valence electrons. The fourth-order valence-corrected chi connectivity index (χ4v) is 1.60. The van der Waals surface area contributed by atoms with Gasteiger partial charge in [0.25, 0.3) is 0 Å². The summed E-state index contributed by atoms with van der Waals surface area (Å²) in [6.07, 6.45) is -0.0754. The smallest absolute Gasteiger partial charge is 0.187 e. The van der Waals surface area contributed by atoms with Gasteiger partial charge >= 0.3 is 0 Å². The van der Waals surface area contributed by atoms with Gasteiger partial charge in [0.2, 0.25) is 0 Å². The number of ketones is 2. The van der Waals surface area contributed by atoms with Gasteiger partial charge < -0.3 is 0 Å². The maximum absolute atomic E-state index is 11.8. The third-order valence-corrected chi connectivity index (χ3v) is 2.51. The molecule has 0 aliphatic rings. The first-order chi connectivity index (χ1) is 8.27. The molecule has 0 aromatic heterocycles. The highest BCUT2D eigenvalue weighted by atomic mass is 27.0. The topological polar surface area (TPSA) is 34.1 Å². The highest BCUT2D eigenvalue weighted by molar-refractivity contribution is 6.13. The molecule has 18 heavy (non-hydrogen) atoms. The molecule has 0 saturated carbocycles.